The summed E-state index contributed by atoms with van der Waals surface area (Å²) in [7, 11) is 0. The Hall–Kier alpha value is -3.84. The van der Waals surface area contributed by atoms with E-state index in [2.05, 4.69) is 5.32 Å². The predicted octanol–water partition coefficient (Wildman–Crippen LogP) is 4.64. The number of ether oxygens (including phenoxy) is 2. The maximum atomic E-state index is 14.2. The number of imide groups is 1. The number of amides is 2. The Balaban J connectivity index is 1.53. The average Bonchev–Trinajstić information content (AvgIpc) is 3.05. The van der Waals surface area contributed by atoms with Gasteiger partial charge in [-0.1, -0.05) is 41.9 Å². The molecule has 1 N–H and O–H groups in total. The smallest absolute Gasteiger partial charge is 0.278 e. The quantitative estimate of drug-likeness (QED) is 0.557. The fraction of sp³-hybridized carbons (Fsp3) is 0.120. The molecule has 166 valence electrons. The molecule has 2 aliphatic rings. The van der Waals surface area contributed by atoms with Gasteiger partial charge in [0.2, 0.25) is 0 Å². The Morgan fingerprint density at radius 1 is 0.909 bits per heavy atom. The molecular formula is C25H18ClFN2O4. The third-order valence-electron chi connectivity index (χ3n) is 5.40. The van der Waals surface area contributed by atoms with E-state index in [1.807, 2.05) is 0 Å². The van der Waals surface area contributed by atoms with Crippen LogP contribution in [-0.2, 0) is 16.1 Å². The fourth-order valence-corrected chi connectivity index (χ4v) is 3.91. The van der Waals surface area contributed by atoms with Gasteiger partial charge in [-0.2, -0.15) is 0 Å². The highest BCUT2D eigenvalue weighted by Crippen LogP contribution is 2.36. The molecule has 5 rings (SSSR count). The average molecular weight is 465 g/mol. The Morgan fingerprint density at radius 3 is 2.39 bits per heavy atom. The molecule has 33 heavy (non-hydrogen) atoms. The molecule has 8 heteroatoms. The van der Waals surface area contributed by atoms with Crippen molar-refractivity contribution in [2.45, 2.75) is 6.54 Å². The van der Waals surface area contributed by atoms with Gasteiger partial charge in [0.1, 0.15) is 24.7 Å². The molecule has 0 unspecified atom stereocenters. The Morgan fingerprint density at radius 2 is 1.64 bits per heavy atom. The highest BCUT2D eigenvalue weighted by molar-refractivity contribution is 6.36. The summed E-state index contributed by atoms with van der Waals surface area (Å²) in [6, 6.07) is 17.8. The minimum absolute atomic E-state index is 0.0929. The van der Waals surface area contributed by atoms with E-state index in [9.17, 15) is 14.0 Å². The summed E-state index contributed by atoms with van der Waals surface area (Å²) in [4.78, 5) is 27.7. The van der Waals surface area contributed by atoms with E-state index in [4.69, 9.17) is 21.1 Å². The summed E-state index contributed by atoms with van der Waals surface area (Å²) in [6.07, 6.45) is 0. The molecule has 3 aromatic carbocycles. The van der Waals surface area contributed by atoms with Gasteiger partial charge in [-0.3, -0.25) is 14.5 Å². The van der Waals surface area contributed by atoms with Crippen molar-refractivity contribution in [3.63, 3.8) is 0 Å². The summed E-state index contributed by atoms with van der Waals surface area (Å²) < 4.78 is 25.4. The number of rotatable bonds is 5. The zero-order valence-corrected chi connectivity index (χ0v) is 18.1. The second kappa shape index (κ2) is 8.60. The van der Waals surface area contributed by atoms with Gasteiger partial charge in [0.15, 0.2) is 11.5 Å². The van der Waals surface area contributed by atoms with Gasteiger partial charge in [0.05, 0.1) is 12.1 Å². The van der Waals surface area contributed by atoms with Crippen LogP contribution >= 0.6 is 11.6 Å². The van der Waals surface area contributed by atoms with Crippen LogP contribution in [0.25, 0.3) is 5.57 Å². The van der Waals surface area contributed by atoms with Crippen molar-refractivity contribution in [1.82, 2.24) is 4.90 Å². The van der Waals surface area contributed by atoms with Crippen LogP contribution in [0.5, 0.6) is 11.5 Å². The number of carbonyl (C=O) groups is 2. The maximum absolute atomic E-state index is 14.2. The molecule has 0 saturated heterocycles. The Bertz CT molecular complexity index is 1290. The topological polar surface area (TPSA) is 67.9 Å². The molecule has 2 heterocycles. The zero-order chi connectivity index (χ0) is 22.9. The highest BCUT2D eigenvalue weighted by atomic mass is 35.5. The van der Waals surface area contributed by atoms with Gasteiger partial charge in [0, 0.05) is 22.3 Å². The molecule has 0 aromatic heterocycles. The van der Waals surface area contributed by atoms with Crippen LogP contribution in [0.1, 0.15) is 11.1 Å². The molecule has 0 fully saturated rings. The number of benzene rings is 3. The number of carbonyl (C=O) groups excluding carboxylic acids is 2. The van der Waals surface area contributed by atoms with Crippen molar-refractivity contribution in [2.24, 2.45) is 0 Å². The minimum Gasteiger partial charge on any atom is -0.486 e. The first-order chi connectivity index (χ1) is 16.0. The SMILES string of the molecule is O=C1C(Nc2ccc3c(c2)OCCO3)=C(c2ccc(Cl)cc2)C(=O)N1Cc1ccccc1F. The summed E-state index contributed by atoms with van der Waals surface area (Å²) in [5.74, 6) is -0.415. The number of hydrogen-bond acceptors (Lipinski definition) is 5. The number of nitrogens with zero attached hydrogens (tertiary/aromatic N) is 1. The van der Waals surface area contributed by atoms with E-state index < -0.39 is 17.6 Å². The summed E-state index contributed by atoms with van der Waals surface area (Å²) in [6.45, 7) is 0.695. The van der Waals surface area contributed by atoms with Crippen molar-refractivity contribution >= 4 is 34.7 Å². The predicted molar refractivity (Wildman–Crippen MR) is 121 cm³/mol. The van der Waals surface area contributed by atoms with Crippen molar-refractivity contribution in [3.8, 4) is 11.5 Å². The Kier molecular flexibility index (Phi) is 5.48. The molecule has 0 spiro atoms. The van der Waals surface area contributed by atoms with Crippen LogP contribution < -0.4 is 14.8 Å². The molecule has 0 bridgehead atoms. The van der Waals surface area contributed by atoms with Gasteiger partial charge < -0.3 is 14.8 Å². The van der Waals surface area contributed by atoms with Gasteiger partial charge in [-0.05, 0) is 35.9 Å². The Labute approximate surface area is 194 Å². The van der Waals surface area contributed by atoms with Crippen LogP contribution in [0.2, 0.25) is 5.02 Å². The number of anilines is 1. The van der Waals surface area contributed by atoms with Crippen LogP contribution in [-0.4, -0.2) is 29.9 Å². The highest BCUT2D eigenvalue weighted by Gasteiger charge is 2.39. The van der Waals surface area contributed by atoms with E-state index in [1.165, 1.54) is 6.07 Å². The van der Waals surface area contributed by atoms with Crippen LogP contribution in [0.15, 0.2) is 72.4 Å². The number of nitrogens with one attached hydrogen (secondary N) is 1. The molecule has 0 aliphatic carbocycles. The van der Waals surface area contributed by atoms with Crippen molar-refractivity contribution in [3.05, 3.63) is 94.4 Å². The lowest BCUT2D eigenvalue weighted by Crippen LogP contribution is -2.32. The first-order valence-corrected chi connectivity index (χ1v) is 10.7. The fourth-order valence-electron chi connectivity index (χ4n) is 3.78. The first kappa shape index (κ1) is 21.0. The van der Waals surface area contributed by atoms with Crippen LogP contribution in [0.4, 0.5) is 10.1 Å². The monoisotopic (exact) mass is 464 g/mol. The van der Waals surface area contributed by atoms with Crippen LogP contribution in [0.3, 0.4) is 0 Å². The number of fused-ring (bicyclic) bond motifs is 1. The van der Waals surface area contributed by atoms with Crippen molar-refractivity contribution in [2.75, 3.05) is 18.5 Å². The van der Waals surface area contributed by atoms with E-state index in [0.29, 0.717) is 41.0 Å². The maximum Gasteiger partial charge on any atom is 0.278 e. The molecule has 0 radical (unpaired) electrons. The number of hydrogen-bond donors (Lipinski definition) is 1. The molecule has 2 aliphatic heterocycles. The zero-order valence-electron chi connectivity index (χ0n) is 17.3. The van der Waals surface area contributed by atoms with Crippen molar-refractivity contribution in [1.29, 1.82) is 0 Å². The molecule has 0 atom stereocenters. The molecular weight excluding hydrogens is 447 g/mol. The van der Waals surface area contributed by atoms with Crippen molar-refractivity contribution < 1.29 is 23.5 Å². The molecule has 2 amide bonds. The van der Waals surface area contributed by atoms with Gasteiger partial charge in [-0.15, -0.1) is 0 Å². The second-order valence-corrected chi connectivity index (χ2v) is 7.96. The number of halogens is 2. The summed E-state index contributed by atoms with van der Waals surface area (Å²) in [5.41, 5.74) is 1.59. The third kappa shape index (κ3) is 4.03. The van der Waals surface area contributed by atoms with Gasteiger partial charge in [0.25, 0.3) is 11.8 Å². The van der Waals surface area contributed by atoms with E-state index in [0.717, 1.165) is 4.90 Å². The third-order valence-corrected chi connectivity index (χ3v) is 5.65. The van der Waals surface area contributed by atoms with E-state index in [-0.39, 0.29) is 23.4 Å². The molecule has 3 aromatic rings. The molecule has 0 saturated carbocycles. The lowest BCUT2D eigenvalue weighted by molar-refractivity contribution is -0.137. The van der Waals surface area contributed by atoms with E-state index in [1.54, 1.807) is 60.7 Å². The lowest BCUT2D eigenvalue weighted by atomic mass is 10.0. The normalized spacial score (nSPS) is 15.3. The first-order valence-electron chi connectivity index (χ1n) is 10.3. The minimum atomic E-state index is -0.553. The molecule has 6 nitrogen and oxygen atoms in total. The lowest BCUT2D eigenvalue weighted by Gasteiger charge is -2.19. The largest absolute Gasteiger partial charge is 0.486 e. The van der Waals surface area contributed by atoms with E-state index >= 15 is 0 Å². The summed E-state index contributed by atoms with van der Waals surface area (Å²) >= 11 is 6.01. The van der Waals surface area contributed by atoms with Gasteiger partial charge in [-0.25, -0.2) is 4.39 Å². The van der Waals surface area contributed by atoms with Crippen LogP contribution in [0, 0.1) is 5.82 Å². The standard InChI is InChI=1S/C25H18ClFN2O4/c26-17-7-5-15(6-8-17)22-23(28-18-9-10-20-21(13-18)33-12-11-32-20)25(31)29(24(22)30)14-16-3-1-2-4-19(16)27/h1-10,13,28H,11-12,14H2. The second-order valence-electron chi connectivity index (χ2n) is 7.53. The summed E-state index contributed by atoms with van der Waals surface area (Å²) in [5, 5.41) is 3.57. The van der Waals surface area contributed by atoms with Gasteiger partial charge >= 0.3 is 0 Å².